The first-order chi connectivity index (χ1) is 14.3. The first-order valence-corrected chi connectivity index (χ1v) is 12.8. The van der Waals surface area contributed by atoms with Gasteiger partial charge >= 0.3 is 0 Å². The number of aryl methyl sites for hydroxylation is 1. The Morgan fingerprint density at radius 1 is 1.03 bits per heavy atom. The molecule has 1 amide bonds. The summed E-state index contributed by atoms with van der Waals surface area (Å²) in [4.78, 5) is 21.9. The standard InChI is InChI=1S/C22H25N3O3S2/c1-3-16-6-9-19-20(14-16)29-22(23-19)25-12-10-24(11-13-25)21(26)15-17-4-7-18(8-5-17)30(2,27)28/h4-9,14H,3,10-13,15H2,1-2H3. The van der Waals surface area contributed by atoms with Crippen molar-refractivity contribution in [1.82, 2.24) is 9.88 Å². The summed E-state index contributed by atoms with van der Waals surface area (Å²) in [7, 11) is -3.22. The lowest BCUT2D eigenvalue weighted by molar-refractivity contribution is -0.130. The minimum Gasteiger partial charge on any atom is -0.345 e. The third-order valence-corrected chi connectivity index (χ3v) is 7.67. The van der Waals surface area contributed by atoms with E-state index in [9.17, 15) is 13.2 Å². The van der Waals surface area contributed by atoms with E-state index in [1.54, 1.807) is 35.6 Å². The molecular formula is C22H25N3O3S2. The van der Waals surface area contributed by atoms with Crippen LogP contribution in [0.15, 0.2) is 47.4 Å². The molecule has 4 rings (SSSR count). The van der Waals surface area contributed by atoms with Crippen molar-refractivity contribution in [3.63, 3.8) is 0 Å². The van der Waals surface area contributed by atoms with Crippen molar-refractivity contribution in [2.75, 3.05) is 37.3 Å². The average molecular weight is 444 g/mol. The highest BCUT2D eigenvalue weighted by Gasteiger charge is 2.23. The van der Waals surface area contributed by atoms with Crippen LogP contribution in [-0.2, 0) is 27.5 Å². The lowest BCUT2D eigenvalue weighted by atomic mass is 10.1. The number of anilines is 1. The van der Waals surface area contributed by atoms with Gasteiger partial charge in [-0.05, 0) is 41.8 Å². The lowest BCUT2D eigenvalue weighted by Gasteiger charge is -2.34. The van der Waals surface area contributed by atoms with Crippen molar-refractivity contribution < 1.29 is 13.2 Å². The number of carbonyl (C=O) groups is 1. The first-order valence-electron chi connectivity index (χ1n) is 10.0. The van der Waals surface area contributed by atoms with Crippen molar-refractivity contribution in [2.45, 2.75) is 24.7 Å². The monoisotopic (exact) mass is 443 g/mol. The van der Waals surface area contributed by atoms with E-state index in [1.807, 2.05) is 4.90 Å². The number of amides is 1. The van der Waals surface area contributed by atoms with E-state index in [-0.39, 0.29) is 17.2 Å². The van der Waals surface area contributed by atoms with Gasteiger partial charge in [0.25, 0.3) is 0 Å². The van der Waals surface area contributed by atoms with Crippen molar-refractivity contribution >= 4 is 42.4 Å². The zero-order valence-corrected chi connectivity index (χ0v) is 18.8. The smallest absolute Gasteiger partial charge is 0.227 e. The van der Waals surface area contributed by atoms with Gasteiger partial charge in [0.15, 0.2) is 15.0 Å². The Hall–Kier alpha value is -2.45. The van der Waals surface area contributed by atoms with Crippen LogP contribution in [0, 0.1) is 0 Å². The number of nitrogens with zero attached hydrogens (tertiary/aromatic N) is 3. The van der Waals surface area contributed by atoms with Gasteiger partial charge < -0.3 is 9.80 Å². The van der Waals surface area contributed by atoms with Gasteiger partial charge in [-0.2, -0.15) is 0 Å². The summed E-state index contributed by atoms with van der Waals surface area (Å²) < 4.78 is 24.3. The van der Waals surface area contributed by atoms with Gasteiger partial charge in [-0.3, -0.25) is 4.79 Å². The maximum Gasteiger partial charge on any atom is 0.227 e. The molecule has 0 unspecified atom stereocenters. The summed E-state index contributed by atoms with van der Waals surface area (Å²) in [6.07, 6.45) is 2.48. The Morgan fingerprint density at radius 3 is 2.33 bits per heavy atom. The molecule has 1 aromatic heterocycles. The second kappa shape index (κ2) is 8.35. The maximum absolute atomic E-state index is 12.7. The third kappa shape index (κ3) is 4.49. The fraction of sp³-hybridized carbons (Fsp3) is 0.364. The zero-order chi connectivity index (χ0) is 21.3. The summed E-state index contributed by atoms with van der Waals surface area (Å²) in [5.41, 5.74) is 3.17. The predicted molar refractivity (Wildman–Crippen MR) is 121 cm³/mol. The zero-order valence-electron chi connectivity index (χ0n) is 17.2. The number of benzene rings is 2. The number of aromatic nitrogens is 1. The molecular weight excluding hydrogens is 418 g/mol. The molecule has 0 aliphatic carbocycles. The van der Waals surface area contributed by atoms with Crippen LogP contribution < -0.4 is 4.90 Å². The number of thiazole rings is 1. The van der Waals surface area contributed by atoms with Crippen LogP contribution in [0.3, 0.4) is 0 Å². The van der Waals surface area contributed by atoms with Gasteiger partial charge in [0.05, 0.1) is 21.5 Å². The van der Waals surface area contributed by atoms with Crippen LogP contribution in [0.5, 0.6) is 0 Å². The van der Waals surface area contributed by atoms with Crippen LogP contribution in [0.25, 0.3) is 10.2 Å². The lowest BCUT2D eigenvalue weighted by Crippen LogP contribution is -2.49. The molecule has 6 nitrogen and oxygen atoms in total. The van der Waals surface area contributed by atoms with Crippen LogP contribution >= 0.6 is 11.3 Å². The molecule has 0 atom stereocenters. The molecule has 0 spiro atoms. The number of fused-ring (bicyclic) bond motifs is 1. The Morgan fingerprint density at radius 2 is 1.70 bits per heavy atom. The summed E-state index contributed by atoms with van der Waals surface area (Å²) in [5.74, 6) is 0.0682. The summed E-state index contributed by atoms with van der Waals surface area (Å²) in [6, 6.07) is 13.0. The molecule has 1 aliphatic rings. The number of rotatable bonds is 5. The Kier molecular flexibility index (Phi) is 5.79. The molecule has 1 aliphatic heterocycles. The second-order valence-electron chi connectivity index (χ2n) is 7.61. The minimum absolute atomic E-state index is 0.0682. The normalized spacial score (nSPS) is 15.0. The van der Waals surface area contributed by atoms with Crippen LogP contribution in [-0.4, -0.2) is 56.6 Å². The Bertz CT molecular complexity index is 1160. The number of sulfone groups is 1. The molecule has 0 N–H and O–H groups in total. The topological polar surface area (TPSA) is 70.6 Å². The van der Waals surface area contributed by atoms with Gasteiger partial charge in [0.1, 0.15) is 0 Å². The van der Waals surface area contributed by atoms with Crippen LogP contribution in [0.4, 0.5) is 5.13 Å². The van der Waals surface area contributed by atoms with E-state index in [2.05, 4.69) is 30.0 Å². The van der Waals surface area contributed by atoms with Crippen molar-refractivity contribution in [1.29, 1.82) is 0 Å². The highest BCUT2D eigenvalue weighted by atomic mass is 32.2. The maximum atomic E-state index is 12.7. The van der Waals surface area contributed by atoms with Gasteiger partial charge in [-0.25, -0.2) is 13.4 Å². The van der Waals surface area contributed by atoms with Gasteiger partial charge in [0.2, 0.25) is 5.91 Å². The van der Waals surface area contributed by atoms with E-state index in [1.165, 1.54) is 16.5 Å². The average Bonchev–Trinajstić information content (AvgIpc) is 3.17. The van der Waals surface area contributed by atoms with Gasteiger partial charge in [0, 0.05) is 32.4 Å². The molecule has 0 saturated carbocycles. The number of piperazine rings is 1. The van der Waals surface area contributed by atoms with Gasteiger partial charge in [-0.1, -0.05) is 36.5 Å². The predicted octanol–water partition coefficient (Wildman–Crippen LogP) is 3.15. The summed E-state index contributed by atoms with van der Waals surface area (Å²) in [6.45, 7) is 5.00. The SMILES string of the molecule is CCc1ccc2nc(N3CCN(C(=O)Cc4ccc(S(C)(=O)=O)cc4)CC3)sc2c1. The highest BCUT2D eigenvalue weighted by Crippen LogP contribution is 2.30. The van der Waals surface area contributed by atoms with E-state index in [0.717, 1.165) is 35.7 Å². The van der Waals surface area contributed by atoms with Crippen LogP contribution in [0.1, 0.15) is 18.1 Å². The molecule has 0 bridgehead atoms. The number of hydrogen-bond acceptors (Lipinski definition) is 6. The molecule has 0 radical (unpaired) electrons. The minimum atomic E-state index is -3.22. The molecule has 1 saturated heterocycles. The summed E-state index contributed by atoms with van der Waals surface area (Å²) >= 11 is 1.71. The molecule has 1 fully saturated rings. The fourth-order valence-electron chi connectivity index (χ4n) is 3.60. The Labute approximate surface area is 181 Å². The third-order valence-electron chi connectivity index (χ3n) is 5.46. The first kappa shape index (κ1) is 20.8. The highest BCUT2D eigenvalue weighted by molar-refractivity contribution is 7.90. The fourth-order valence-corrected chi connectivity index (χ4v) is 5.31. The number of hydrogen-bond donors (Lipinski definition) is 0. The van der Waals surface area contributed by atoms with E-state index in [4.69, 9.17) is 4.98 Å². The molecule has 2 aromatic carbocycles. The molecule has 30 heavy (non-hydrogen) atoms. The van der Waals surface area contributed by atoms with Crippen molar-refractivity contribution in [2.24, 2.45) is 0 Å². The quantitative estimate of drug-likeness (QED) is 0.606. The van der Waals surface area contributed by atoms with Crippen molar-refractivity contribution in [3.8, 4) is 0 Å². The van der Waals surface area contributed by atoms with E-state index >= 15 is 0 Å². The largest absolute Gasteiger partial charge is 0.345 e. The number of carbonyl (C=O) groups excluding carboxylic acids is 1. The van der Waals surface area contributed by atoms with Crippen molar-refractivity contribution in [3.05, 3.63) is 53.6 Å². The Balaban J connectivity index is 1.36. The second-order valence-corrected chi connectivity index (χ2v) is 10.6. The van der Waals surface area contributed by atoms with E-state index in [0.29, 0.717) is 13.1 Å². The van der Waals surface area contributed by atoms with Crippen LogP contribution in [0.2, 0.25) is 0 Å². The van der Waals surface area contributed by atoms with Gasteiger partial charge in [-0.15, -0.1) is 0 Å². The molecule has 8 heteroatoms. The molecule has 3 aromatic rings. The van der Waals surface area contributed by atoms with E-state index < -0.39 is 9.84 Å². The summed E-state index contributed by atoms with van der Waals surface area (Å²) in [5, 5.41) is 1.02. The molecule has 2 heterocycles. The molecule has 158 valence electrons.